The molecule has 0 saturated heterocycles. The predicted molar refractivity (Wildman–Crippen MR) is 87.9 cm³/mol. The van der Waals surface area contributed by atoms with Gasteiger partial charge in [-0.2, -0.15) is 0 Å². The number of hydrogen-bond acceptors (Lipinski definition) is 5. The molecule has 0 unspecified atom stereocenters. The number of rotatable bonds is 6. The minimum atomic E-state index is -0.449. The lowest BCUT2D eigenvalue weighted by atomic mass is 10.2. The van der Waals surface area contributed by atoms with Crippen LogP contribution in [0.2, 0.25) is 0 Å². The molecule has 2 rings (SSSR count). The predicted octanol–water partition coefficient (Wildman–Crippen LogP) is 2.53. The number of esters is 1. The van der Waals surface area contributed by atoms with Crippen LogP contribution >= 0.6 is 0 Å². The summed E-state index contributed by atoms with van der Waals surface area (Å²) in [6, 6.07) is 13.9. The van der Waals surface area contributed by atoms with E-state index in [1.54, 1.807) is 37.4 Å². The fourth-order valence-corrected chi connectivity index (χ4v) is 1.96. The summed E-state index contributed by atoms with van der Waals surface area (Å²) in [5.41, 5.74) is 1.69. The zero-order valence-corrected chi connectivity index (χ0v) is 13.0. The maximum Gasteiger partial charge on any atom is 0.337 e. The van der Waals surface area contributed by atoms with Crippen molar-refractivity contribution in [2.24, 2.45) is 0 Å². The van der Waals surface area contributed by atoms with Gasteiger partial charge in [0.1, 0.15) is 5.75 Å². The fourth-order valence-electron chi connectivity index (χ4n) is 1.96. The third-order valence-corrected chi connectivity index (χ3v) is 3.09. The molecule has 0 saturated carbocycles. The Labute approximate surface area is 134 Å². The summed E-state index contributed by atoms with van der Waals surface area (Å²) in [6.45, 7) is 0.0929. The van der Waals surface area contributed by atoms with Crippen molar-refractivity contribution in [1.82, 2.24) is 0 Å². The van der Waals surface area contributed by atoms with E-state index in [-0.39, 0.29) is 12.5 Å². The Hall–Kier alpha value is -3.02. The summed E-state index contributed by atoms with van der Waals surface area (Å²) in [5.74, 6) is 0.0339. The second-order valence-corrected chi connectivity index (χ2v) is 4.71. The van der Waals surface area contributed by atoms with E-state index in [4.69, 9.17) is 4.74 Å². The molecule has 2 aromatic carbocycles. The van der Waals surface area contributed by atoms with Gasteiger partial charge in [-0.05, 0) is 30.3 Å². The van der Waals surface area contributed by atoms with Gasteiger partial charge < -0.3 is 20.1 Å². The van der Waals surface area contributed by atoms with Crippen LogP contribution in [0.5, 0.6) is 5.75 Å². The number of nitrogens with one attached hydrogen (secondary N) is 2. The lowest BCUT2D eigenvalue weighted by Gasteiger charge is -2.09. The highest BCUT2D eigenvalue weighted by atomic mass is 16.5. The molecule has 0 aliphatic rings. The highest BCUT2D eigenvalue weighted by molar-refractivity contribution is 5.96. The summed E-state index contributed by atoms with van der Waals surface area (Å²) in [6.07, 6.45) is 0. The standard InChI is InChI=1S/C17H18N2O4/c1-22-15-8-4-6-13(10-15)18-11-16(20)19-14-7-3-5-12(9-14)17(21)23-2/h3-10,18H,11H2,1-2H3,(H,19,20). The van der Waals surface area contributed by atoms with Crippen LogP contribution < -0.4 is 15.4 Å². The molecule has 0 spiro atoms. The number of benzene rings is 2. The third kappa shape index (κ3) is 4.74. The zero-order valence-electron chi connectivity index (χ0n) is 13.0. The van der Waals surface area contributed by atoms with E-state index in [2.05, 4.69) is 15.4 Å². The maximum absolute atomic E-state index is 12.0. The molecular formula is C17H18N2O4. The summed E-state index contributed by atoms with van der Waals surface area (Å²) in [4.78, 5) is 23.4. The SMILES string of the molecule is COC(=O)c1cccc(NC(=O)CNc2cccc(OC)c2)c1. The van der Waals surface area contributed by atoms with Gasteiger partial charge in [-0.15, -0.1) is 0 Å². The molecule has 0 radical (unpaired) electrons. The second-order valence-electron chi connectivity index (χ2n) is 4.71. The maximum atomic E-state index is 12.0. The molecule has 0 fully saturated rings. The Bertz CT molecular complexity index is 700. The van der Waals surface area contributed by atoms with Gasteiger partial charge in [-0.1, -0.05) is 12.1 Å². The number of anilines is 2. The second kappa shape index (κ2) is 7.84. The molecule has 0 aliphatic heterocycles. The topological polar surface area (TPSA) is 76.7 Å². The molecule has 23 heavy (non-hydrogen) atoms. The minimum absolute atomic E-state index is 0.0929. The average Bonchev–Trinajstić information content (AvgIpc) is 2.59. The van der Waals surface area contributed by atoms with Gasteiger partial charge >= 0.3 is 5.97 Å². The Morgan fingerprint density at radius 2 is 1.74 bits per heavy atom. The van der Waals surface area contributed by atoms with Crippen molar-refractivity contribution in [3.05, 3.63) is 54.1 Å². The first-order chi connectivity index (χ1) is 11.1. The molecule has 0 aliphatic carbocycles. The van der Waals surface area contributed by atoms with Gasteiger partial charge in [-0.3, -0.25) is 4.79 Å². The quantitative estimate of drug-likeness (QED) is 0.801. The van der Waals surface area contributed by atoms with Crippen LogP contribution in [0.15, 0.2) is 48.5 Å². The van der Waals surface area contributed by atoms with Crippen molar-refractivity contribution in [3.8, 4) is 5.75 Å². The summed E-state index contributed by atoms with van der Waals surface area (Å²) in [7, 11) is 2.89. The number of amides is 1. The van der Waals surface area contributed by atoms with Crippen LogP contribution in [-0.4, -0.2) is 32.6 Å². The lowest BCUT2D eigenvalue weighted by molar-refractivity contribution is -0.114. The van der Waals surface area contributed by atoms with Crippen LogP contribution in [0.1, 0.15) is 10.4 Å². The van der Waals surface area contributed by atoms with Crippen LogP contribution in [0.4, 0.5) is 11.4 Å². The van der Waals surface area contributed by atoms with Crippen LogP contribution in [0.25, 0.3) is 0 Å². The minimum Gasteiger partial charge on any atom is -0.497 e. The molecule has 1 amide bonds. The van der Waals surface area contributed by atoms with Gasteiger partial charge in [-0.25, -0.2) is 4.79 Å². The molecule has 0 atom stereocenters. The summed E-state index contributed by atoms with van der Waals surface area (Å²) >= 11 is 0. The Kier molecular flexibility index (Phi) is 5.57. The van der Waals surface area contributed by atoms with Gasteiger partial charge in [0.05, 0.1) is 26.3 Å². The van der Waals surface area contributed by atoms with Gasteiger partial charge in [0, 0.05) is 17.4 Å². The molecule has 2 aromatic rings. The Morgan fingerprint density at radius 3 is 2.48 bits per heavy atom. The largest absolute Gasteiger partial charge is 0.497 e. The average molecular weight is 314 g/mol. The van der Waals surface area contributed by atoms with E-state index in [0.717, 1.165) is 5.69 Å². The third-order valence-electron chi connectivity index (χ3n) is 3.09. The van der Waals surface area contributed by atoms with Gasteiger partial charge in [0.15, 0.2) is 0 Å². The van der Waals surface area contributed by atoms with Crippen molar-refractivity contribution in [2.45, 2.75) is 0 Å². The number of hydrogen-bond donors (Lipinski definition) is 2. The summed E-state index contributed by atoms with van der Waals surface area (Å²) < 4.78 is 9.77. The number of carbonyl (C=O) groups is 2. The van der Waals surface area contributed by atoms with Crippen molar-refractivity contribution in [3.63, 3.8) is 0 Å². The molecular weight excluding hydrogens is 296 g/mol. The first kappa shape index (κ1) is 16.4. The van der Waals surface area contributed by atoms with Crippen molar-refractivity contribution in [2.75, 3.05) is 31.4 Å². The van der Waals surface area contributed by atoms with Crippen molar-refractivity contribution >= 4 is 23.3 Å². The first-order valence-corrected chi connectivity index (χ1v) is 6.98. The Morgan fingerprint density at radius 1 is 1.00 bits per heavy atom. The molecule has 2 N–H and O–H groups in total. The first-order valence-electron chi connectivity index (χ1n) is 6.98. The summed E-state index contributed by atoms with van der Waals surface area (Å²) in [5, 5.41) is 5.72. The number of ether oxygens (including phenoxy) is 2. The molecule has 0 aromatic heterocycles. The lowest BCUT2D eigenvalue weighted by Crippen LogP contribution is -2.21. The van der Waals surface area contributed by atoms with Gasteiger partial charge in [0.2, 0.25) is 5.91 Å². The van der Waals surface area contributed by atoms with Crippen molar-refractivity contribution < 1.29 is 19.1 Å². The van der Waals surface area contributed by atoms with E-state index >= 15 is 0 Å². The molecule has 6 nitrogen and oxygen atoms in total. The highest BCUT2D eigenvalue weighted by Gasteiger charge is 2.08. The zero-order chi connectivity index (χ0) is 16.7. The van der Waals surface area contributed by atoms with Crippen molar-refractivity contribution in [1.29, 1.82) is 0 Å². The molecule has 0 heterocycles. The highest BCUT2D eigenvalue weighted by Crippen LogP contribution is 2.16. The molecule has 6 heteroatoms. The fraction of sp³-hybridized carbons (Fsp3) is 0.176. The number of carbonyl (C=O) groups excluding carboxylic acids is 2. The van der Waals surface area contributed by atoms with E-state index < -0.39 is 5.97 Å². The van der Waals surface area contributed by atoms with Crippen LogP contribution in [-0.2, 0) is 9.53 Å². The van der Waals surface area contributed by atoms with Crippen LogP contribution in [0, 0.1) is 0 Å². The Balaban J connectivity index is 1.93. The number of methoxy groups -OCH3 is 2. The van der Waals surface area contributed by atoms with E-state index in [1.165, 1.54) is 7.11 Å². The van der Waals surface area contributed by atoms with E-state index in [1.807, 2.05) is 18.2 Å². The smallest absolute Gasteiger partial charge is 0.337 e. The normalized spacial score (nSPS) is 9.83. The van der Waals surface area contributed by atoms with E-state index in [9.17, 15) is 9.59 Å². The molecule has 0 bridgehead atoms. The van der Waals surface area contributed by atoms with Crippen LogP contribution in [0.3, 0.4) is 0 Å². The van der Waals surface area contributed by atoms with E-state index in [0.29, 0.717) is 17.0 Å². The monoisotopic (exact) mass is 314 g/mol. The molecule has 120 valence electrons. The van der Waals surface area contributed by atoms with Gasteiger partial charge in [0.25, 0.3) is 0 Å².